The van der Waals surface area contributed by atoms with E-state index in [9.17, 15) is 9.59 Å². The summed E-state index contributed by atoms with van der Waals surface area (Å²) in [5.41, 5.74) is 1.30. The van der Waals surface area contributed by atoms with Gasteiger partial charge < -0.3 is 15.5 Å². The highest BCUT2D eigenvalue weighted by molar-refractivity contribution is 7.98. The monoisotopic (exact) mass is 439 g/mol. The maximum absolute atomic E-state index is 12.1. The minimum absolute atomic E-state index is 0.0779. The molecule has 0 unspecified atom stereocenters. The molecule has 0 radical (unpaired) electrons. The fourth-order valence-electron chi connectivity index (χ4n) is 3.56. The van der Waals surface area contributed by atoms with Crippen LogP contribution in [0.1, 0.15) is 23.2 Å². The second kappa shape index (κ2) is 9.78. The van der Waals surface area contributed by atoms with Gasteiger partial charge >= 0.3 is 0 Å². The van der Waals surface area contributed by atoms with Crippen molar-refractivity contribution in [2.24, 2.45) is 0 Å². The molecule has 0 spiro atoms. The van der Waals surface area contributed by atoms with E-state index in [0.717, 1.165) is 29.9 Å². The standard InChI is InChI=1S/C21H25N7O2S/c1-31-21-25-18(27-10-5-6-11-27)16-13-24-28(19(16)26-21)12-9-22-17(29)14-23-20(30)15-7-3-2-4-8-15/h2-4,7-8,13H,5-6,9-12,14H2,1H3,(H,22,29)(H,23,30). The predicted molar refractivity (Wildman–Crippen MR) is 120 cm³/mol. The number of benzene rings is 1. The number of carbonyl (C=O) groups excluding carboxylic acids is 2. The lowest BCUT2D eigenvalue weighted by Crippen LogP contribution is -2.38. The van der Waals surface area contributed by atoms with Crippen LogP contribution in [0, 0.1) is 0 Å². The van der Waals surface area contributed by atoms with Crippen LogP contribution < -0.4 is 15.5 Å². The molecular weight excluding hydrogens is 414 g/mol. The van der Waals surface area contributed by atoms with E-state index < -0.39 is 0 Å². The quantitative estimate of drug-likeness (QED) is 0.406. The Labute approximate surface area is 184 Å². The molecule has 2 aromatic heterocycles. The molecule has 4 rings (SSSR count). The number of aromatic nitrogens is 4. The number of nitrogens with zero attached hydrogens (tertiary/aromatic N) is 5. The van der Waals surface area contributed by atoms with E-state index in [1.165, 1.54) is 24.6 Å². The van der Waals surface area contributed by atoms with Crippen molar-refractivity contribution >= 4 is 40.4 Å². The number of fused-ring (bicyclic) bond motifs is 1. The van der Waals surface area contributed by atoms with Crippen molar-refractivity contribution in [1.29, 1.82) is 0 Å². The maximum Gasteiger partial charge on any atom is 0.251 e. The van der Waals surface area contributed by atoms with Gasteiger partial charge in [0.2, 0.25) is 5.91 Å². The van der Waals surface area contributed by atoms with Gasteiger partial charge in [-0.3, -0.25) is 9.59 Å². The summed E-state index contributed by atoms with van der Waals surface area (Å²) in [4.78, 5) is 35.8. The summed E-state index contributed by atoms with van der Waals surface area (Å²) in [7, 11) is 0. The maximum atomic E-state index is 12.1. The number of hydrogen-bond donors (Lipinski definition) is 2. The molecule has 1 saturated heterocycles. The molecule has 3 aromatic rings. The van der Waals surface area contributed by atoms with Crippen molar-refractivity contribution in [1.82, 2.24) is 30.4 Å². The first kappa shape index (κ1) is 21.1. The van der Waals surface area contributed by atoms with Crippen LogP contribution in [0.25, 0.3) is 11.0 Å². The van der Waals surface area contributed by atoms with Crippen molar-refractivity contribution in [3.8, 4) is 0 Å². The fourth-order valence-corrected chi connectivity index (χ4v) is 3.92. The van der Waals surface area contributed by atoms with E-state index in [0.29, 0.717) is 23.8 Å². The zero-order valence-electron chi connectivity index (χ0n) is 17.4. The number of carbonyl (C=O) groups is 2. The average Bonchev–Trinajstić information content (AvgIpc) is 3.48. The molecule has 1 aliphatic heterocycles. The largest absolute Gasteiger partial charge is 0.356 e. The van der Waals surface area contributed by atoms with Crippen LogP contribution in [0.15, 0.2) is 41.7 Å². The number of amides is 2. The summed E-state index contributed by atoms with van der Waals surface area (Å²) >= 11 is 1.50. The molecular formula is C21H25N7O2S. The highest BCUT2D eigenvalue weighted by Gasteiger charge is 2.20. The van der Waals surface area contributed by atoms with Crippen molar-refractivity contribution in [2.45, 2.75) is 24.5 Å². The first-order valence-electron chi connectivity index (χ1n) is 10.3. The van der Waals surface area contributed by atoms with Crippen LogP contribution in [-0.4, -0.2) is 64.0 Å². The summed E-state index contributed by atoms with van der Waals surface area (Å²) in [5.74, 6) is 0.410. The fraction of sp³-hybridized carbons (Fsp3) is 0.381. The van der Waals surface area contributed by atoms with Gasteiger partial charge in [-0.15, -0.1) is 0 Å². The van der Waals surface area contributed by atoms with Gasteiger partial charge in [0, 0.05) is 25.2 Å². The SMILES string of the molecule is CSc1nc(N2CCCC2)c2cnn(CCNC(=O)CNC(=O)c3ccccc3)c2n1. The molecule has 31 heavy (non-hydrogen) atoms. The first-order valence-corrected chi connectivity index (χ1v) is 11.5. The van der Waals surface area contributed by atoms with Crippen LogP contribution in [0.4, 0.5) is 5.82 Å². The topological polar surface area (TPSA) is 105 Å². The van der Waals surface area contributed by atoms with Crippen LogP contribution in [-0.2, 0) is 11.3 Å². The van der Waals surface area contributed by atoms with E-state index in [1.54, 1.807) is 35.1 Å². The Morgan fingerprint density at radius 2 is 1.87 bits per heavy atom. The van der Waals surface area contributed by atoms with Gasteiger partial charge in [-0.2, -0.15) is 5.10 Å². The molecule has 162 valence electrons. The highest BCUT2D eigenvalue weighted by atomic mass is 32.2. The van der Waals surface area contributed by atoms with Gasteiger partial charge in [-0.25, -0.2) is 14.6 Å². The average molecular weight is 440 g/mol. The third-order valence-electron chi connectivity index (χ3n) is 5.14. The van der Waals surface area contributed by atoms with Crippen molar-refractivity contribution in [3.05, 3.63) is 42.1 Å². The van der Waals surface area contributed by atoms with Crippen LogP contribution in [0.5, 0.6) is 0 Å². The zero-order chi connectivity index (χ0) is 21.6. The van der Waals surface area contributed by atoms with Gasteiger partial charge in [0.05, 0.1) is 24.7 Å². The Morgan fingerprint density at radius 3 is 2.61 bits per heavy atom. The summed E-state index contributed by atoms with van der Waals surface area (Å²) in [6.45, 7) is 2.78. The van der Waals surface area contributed by atoms with Crippen molar-refractivity contribution < 1.29 is 9.59 Å². The first-order chi connectivity index (χ1) is 15.2. The number of nitrogens with one attached hydrogen (secondary N) is 2. The summed E-state index contributed by atoms with van der Waals surface area (Å²) < 4.78 is 1.79. The van der Waals surface area contributed by atoms with E-state index in [-0.39, 0.29) is 18.4 Å². The summed E-state index contributed by atoms with van der Waals surface area (Å²) in [6.07, 6.45) is 6.09. The van der Waals surface area contributed by atoms with Gasteiger partial charge in [-0.1, -0.05) is 30.0 Å². The van der Waals surface area contributed by atoms with Crippen molar-refractivity contribution in [2.75, 3.05) is 37.3 Å². The Bertz CT molecular complexity index is 1060. The predicted octanol–water partition coefficient (Wildman–Crippen LogP) is 1.69. The second-order valence-electron chi connectivity index (χ2n) is 7.23. The Hall–Kier alpha value is -3.14. The van der Waals surface area contributed by atoms with E-state index in [4.69, 9.17) is 4.98 Å². The number of hydrogen-bond acceptors (Lipinski definition) is 7. The van der Waals surface area contributed by atoms with E-state index >= 15 is 0 Å². The molecule has 1 aliphatic rings. The summed E-state index contributed by atoms with van der Waals surface area (Å²) in [5, 5.41) is 11.6. The zero-order valence-corrected chi connectivity index (χ0v) is 18.2. The summed E-state index contributed by atoms with van der Waals surface area (Å²) in [6, 6.07) is 8.81. The molecule has 1 aromatic carbocycles. The molecule has 2 N–H and O–H groups in total. The second-order valence-corrected chi connectivity index (χ2v) is 8.01. The van der Waals surface area contributed by atoms with Gasteiger partial charge in [0.1, 0.15) is 5.82 Å². The molecule has 3 heterocycles. The van der Waals surface area contributed by atoms with E-state index in [2.05, 4.69) is 25.6 Å². The smallest absolute Gasteiger partial charge is 0.251 e. The molecule has 10 heteroatoms. The molecule has 0 saturated carbocycles. The van der Waals surface area contributed by atoms with Crippen LogP contribution >= 0.6 is 11.8 Å². The molecule has 2 amide bonds. The molecule has 0 atom stereocenters. The third kappa shape index (κ3) is 4.96. The molecule has 1 fully saturated rings. The van der Waals surface area contributed by atoms with Gasteiger partial charge in [0.25, 0.3) is 5.91 Å². The number of anilines is 1. The Balaban J connectivity index is 1.35. The highest BCUT2D eigenvalue weighted by Crippen LogP contribution is 2.28. The Morgan fingerprint density at radius 1 is 1.10 bits per heavy atom. The lowest BCUT2D eigenvalue weighted by molar-refractivity contribution is -0.120. The minimum atomic E-state index is -0.274. The van der Waals surface area contributed by atoms with Crippen LogP contribution in [0.3, 0.4) is 0 Å². The molecule has 9 nitrogen and oxygen atoms in total. The van der Waals surface area contributed by atoms with Gasteiger partial charge in [0.15, 0.2) is 10.8 Å². The number of thioether (sulfide) groups is 1. The molecule has 0 bridgehead atoms. The number of rotatable bonds is 8. The normalized spacial score (nSPS) is 13.5. The van der Waals surface area contributed by atoms with E-state index in [1.807, 2.05) is 12.3 Å². The Kier molecular flexibility index (Phi) is 6.66. The third-order valence-corrected chi connectivity index (χ3v) is 5.68. The lowest BCUT2D eigenvalue weighted by Gasteiger charge is -2.17. The lowest BCUT2D eigenvalue weighted by atomic mass is 10.2. The molecule has 0 aliphatic carbocycles. The van der Waals surface area contributed by atoms with Crippen molar-refractivity contribution in [3.63, 3.8) is 0 Å². The minimum Gasteiger partial charge on any atom is -0.356 e. The van der Waals surface area contributed by atoms with Crippen LogP contribution in [0.2, 0.25) is 0 Å². The van der Waals surface area contributed by atoms with Gasteiger partial charge in [-0.05, 0) is 31.2 Å².